The third kappa shape index (κ3) is 2.43. The minimum absolute atomic E-state index is 0.100. The molecular formula is C12H13F2NO3. The van der Waals surface area contributed by atoms with E-state index in [-0.39, 0.29) is 23.4 Å². The van der Waals surface area contributed by atoms with Crippen molar-refractivity contribution in [3.63, 3.8) is 0 Å². The highest BCUT2D eigenvalue weighted by molar-refractivity contribution is 5.99. The van der Waals surface area contributed by atoms with Crippen molar-refractivity contribution in [2.24, 2.45) is 5.73 Å². The fraction of sp³-hybridized carbons (Fsp3) is 0.417. The Kier molecular flexibility index (Phi) is 3.76. The normalized spacial score (nSPS) is 14.4. The van der Waals surface area contributed by atoms with Crippen LogP contribution in [-0.2, 0) is 0 Å². The van der Waals surface area contributed by atoms with E-state index in [9.17, 15) is 13.6 Å². The van der Waals surface area contributed by atoms with E-state index in [0.717, 1.165) is 6.07 Å². The lowest BCUT2D eigenvalue weighted by Gasteiger charge is -2.13. The summed E-state index contributed by atoms with van der Waals surface area (Å²) in [6.45, 7) is 0.510. The Morgan fingerprint density at radius 2 is 1.89 bits per heavy atom. The van der Waals surface area contributed by atoms with Crippen LogP contribution in [0.1, 0.15) is 28.8 Å². The maximum atomic E-state index is 12.9. The standard InChI is InChI=1S/C12H13F2NO3/c13-12(14)8-5-11-10(17-2-1-3-18-11)4-7(8)9(16)6-15/h4-5,12H,1-3,6,15H2. The van der Waals surface area contributed by atoms with Gasteiger partial charge in [-0.3, -0.25) is 4.79 Å². The predicted octanol–water partition coefficient (Wildman–Crippen LogP) is 1.93. The van der Waals surface area contributed by atoms with Gasteiger partial charge in [-0.2, -0.15) is 0 Å². The molecule has 1 aliphatic heterocycles. The molecule has 0 bridgehead atoms. The molecule has 0 aliphatic carbocycles. The van der Waals surface area contributed by atoms with Gasteiger partial charge >= 0.3 is 0 Å². The van der Waals surface area contributed by atoms with Gasteiger partial charge in [0.05, 0.1) is 19.8 Å². The maximum Gasteiger partial charge on any atom is 0.264 e. The molecule has 2 rings (SSSR count). The second kappa shape index (κ2) is 5.30. The smallest absolute Gasteiger partial charge is 0.264 e. The molecule has 0 fully saturated rings. The Hall–Kier alpha value is -1.69. The topological polar surface area (TPSA) is 61.6 Å². The summed E-state index contributed by atoms with van der Waals surface area (Å²) < 4.78 is 36.5. The molecule has 0 aromatic heterocycles. The minimum atomic E-state index is -2.76. The van der Waals surface area contributed by atoms with E-state index >= 15 is 0 Å². The summed E-state index contributed by atoms with van der Waals surface area (Å²) in [5.74, 6) is 0.0195. The van der Waals surface area contributed by atoms with E-state index < -0.39 is 12.2 Å². The van der Waals surface area contributed by atoms with E-state index in [2.05, 4.69) is 0 Å². The van der Waals surface area contributed by atoms with E-state index in [1.54, 1.807) is 0 Å². The SMILES string of the molecule is NCC(=O)c1cc2c(cc1C(F)F)OCCCO2. The van der Waals surface area contributed by atoms with Gasteiger partial charge in [-0.1, -0.05) is 0 Å². The number of ether oxygens (including phenoxy) is 2. The van der Waals surface area contributed by atoms with Crippen molar-refractivity contribution in [3.8, 4) is 11.5 Å². The zero-order valence-electron chi connectivity index (χ0n) is 9.62. The van der Waals surface area contributed by atoms with Crippen molar-refractivity contribution in [2.45, 2.75) is 12.8 Å². The molecule has 0 radical (unpaired) electrons. The quantitative estimate of drug-likeness (QED) is 0.840. The van der Waals surface area contributed by atoms with Crippen LogP contribution in [0.25, 0.3) is 0 Å². The third-order valence-electron chi connectivity index (χ3n) is 2.64. The van der Waals surface area contributed by atoms with Crippen LogP contribution in [0.4, 0.5) is 8.78 Å². The van der Waals surface area contributed by atoms with Crippen molar-refractivity contribution < 1.29 is 23.0 Å². The Balaban J connectivity index is 2.51. The lowest BCUT2D eigenvalue weighted by atomic mass is 10.0. The zero-order chi connectivity index (χ0) is 13.1. The number of hydrogen-bond donors (Lipinski definition) is 1. The highest BCUT2D eigenvalue weighted by atomic mass is 19.3. The van der Waals surface area contributed by atoms with Crippen LogP contribution in [0, 0.1) is 0 Å². The van der Waals surface area contributed by atoms with Crippen LogP contribution in [0.5, 0.6) is 11.5 Å². The number of Topliss-reactive ketones (excluding diaryl/α,β-unsaturated/α-hetero) is 1. The van der Waals surface area contributed by atoms with Gasteiger partial charge < -0.3 is 15.2 Å². The summed E-state index contributed by atoms with van der Waals surface area (Å²) in [7, 11) is 0. The van der Waals surface area contributed by atoms with Gasteiger partial charge in [0.2, 0.25) is 0 Å². The first-order valence-electron chi connectivity index (χ1n) is 5.58. The largest absolute Gasteiger partial charge is 0.490 e. The van der Waals surface area contributed by atoms with E-state index in [0.29, 0.717) is 25.4 Å². The first-order valence-corrected chi connectivity index (χ1v) is 5.58. The summed E-state index contributed by atoms with van der Waals surface area (Å²) in [6, 6.07) is 2.45. The van der Waals surface area contributed by atoms with Crippen LogP contribution < -0.4 is 15.2 Å². The molecule has 1 heterocycles. The Labute approximate surface area is 103 Å². The summed E-state index contributed by atoms with van der Waals surface area (Å²) >= 11 is 0. The van der Waals surface area contributed by atoms with Gasteiger partial charge in [0.1, 0.15) is 0 Å². The van der Waals surface area contributed by atoms with Gasteiger partial charge in [0, 0.05) is 17.5 Å². The van der Waals surface area contributed by atoms with Gasteiger partial charge in [0.15, 0.2) is 17.3 Å². The van der Waals surface area contributed by atoms with Crippen molar-refractivity contribution in [2.75, 3.05) is 19.8 Å². The number of carbonyl (C=O) groups excluding carboxylic acids is 1. The van der Waals surface area contributed by atoms with Gasteiger partial charge in [-0.25, -0.2) is 8.78 Å². The molecule has 0 atom stereocenters. The molecule has 2 N–H and O–H groups in total. The van der Waals surface area contributed by atoms with Crippen molar-refractivity contribution in [1.82, 2.24) is 0 Å². The first-order chi connectivity index (χ1) is 8.63. The lowest BCUT2D eigenvalue weighted by Crippen LogP contribution is -2.16. The van der Waals surface area contributed by atoms with Gasteiger partial charge in [-0.15, -0.1) is 0 Å². The zero-order valence-corrected chi connectivity index (χ0v) is 9.62. The number of halogens is 2. The highest BCUT2D eigenvalue weighted by Crippen LogP contribution is 2.36. The summed E-state index contributed by atoms with van der Waals surface area (Å²) in [6.07, 6.45) is -2.09. The van der Waals surface area contributed by atoms with Crippen LogP contribution in [-0.4, -0.2) is 25.5 Å². The number of fused-ring (bicyclic) bond motifs is 1. The molecule has 4 nitrogen and oxygen atoms in total. The van der Waals surface area contributed by atoms with Crippen molar-refractivity contribution >= 4 is 5.78 Å². The number of hydrogen-bond acceptors (Lipinski definition) is 4. The fourth-order valence-corrected chi connectivity index (χ4v) is 1.76. The second-order valence-corrected chi connectivity index (χ2v) is 3.86. The molecule has 0 amide bonds. The average Bonchev–Trinajstić information content (AvgIpc) is 2.60. The molecule has 98 valence electrons. The third-order valence-corrected chi connectivity index (χ3v) is 2.64. The van der Waals surface area contributed by atoms with Crippen molar-refractivity contribution in [1.29, 1.82) is 0 Å². The molecule has 0 saturated heterocycles. The maximum absolute atomic E-state index is 12.9. The molecule has 6 heteroatoms. The van der Waals surface area contributed by atoms with Gasteiger partial charge in [0.25, 0.3) is 6.43 Å². The number of rotatable bonds is 3. The number of ketones is 1. The predicted molar refractivity (Wildman–Crippen MR) is 60.4 cm³/mol. The summed E-state index contributed by atoms with van der Waals surface area (Å²) in [5, 5.41) is 0. The molecule has 0 saturated carbocycles. The molecule has 1 aromatic carbocycles. The molecule has 1 aromatic rings. The molecule has 1 aliphatic rings. The molecule has 0 spiro atoms. The summed E-state index contributed by atoms with van der Waals surface area (Å²) in [4.78, 5) is 11.6. The van der Waals surface area contributed by atoms with Gasteiger partial charge in [-0.05, 0) is 12.1 Å². The van der Waals surface area contributed by atoms with E-state index in [1.807, 2.05) is 0 Å². The lowest BCUT2D eigenvalue weighted by molar-refractivity contribution is 0.0986. The van der Waals surface area contributed by atoms with Crippen LogP contribution in [0.3, 0.4) is 0 Å². The number of nitrogens with two attached hydrogens (primary N) is 1. The Morgan fingerprint density at radius 3 is 2.44 bits per heavy atom. The highest BCUT2D eigenvalue weighted by Gasteiger charge is 2.22. The monoisotopic (exact) mass is 257 g/mol. The minimum Gasteiger partial charge on any atom is -0.490 e. The number of alkyl halides is 2. The van der Waals surface area contributed by atoms with Crippen LogP contribution >= 0.6 is 0 Å². The van der Waals surface area contributed by atoms with Crippen LogP contribution in [0.15, 0.2) is 12.1 Å². The molecular weight excluding hydrogens is 244 g/mol. The second-order valence-electron chi connectivity index (χ2n) is 3.86. The van der Waals surface area contributed by atoms with Crippen molar-refractivity contribution in [3.05, 3.63) is 23.3 Å². The molecule has 0 unspecified atom stereocenters. The average molecular weight is 257 g/mol. The van der Waals surface area contributed by atoms with Crippen LogP contribution in [0.2, 0.25) is 0 Å². The number of carbonyl (C=O) groups is 1. The fourth-order valence-electron chi connectivity index (χ4n) is 1.76. The Morgan fingerprint density at radius 1 is 1.28 bits per heavy atom. The number of benzene rings is 1. The first kappa shape index (κ1) is 12.8. The Bertz CT molecular complexity index is 463. The van der Waals surface area contributed by atoms with E-state index in [4.69, 9.17) is 15.2 Å². The summed E-state index contributed by atoms with van der Waals surface area (Å²) in [5.41, 5.74) is 4.75. The van der Waals surface area contributed by atoms with E-state index in [1.165, 1.54) is 6.07 Å². The molecule has 18 heavy (non-hydrogen) atoms.